The maximum Gasteiger partial charge on any atom is 0.264 e. The number of anilines is 1. The summed E-state index contributed by atoms with van der Waals surface area (Å²) in [6.45, 7) is 7.01. The molecule has 9 heteroatoms. The minimum atomic E-state index is -4.19. The van der Waals surface area contributed by atoms with Crippen LogP contribution < -0.4 is 9.62 Å². The number of halogens is 1. The molecule has 0 saturated carbocycles. The standard InChI is InChI=1S/C35H38ClN3O4S/c1-26-20-21-29(23-31(26)36)39(44(42,43)30-18-12-7-13-19-30)25-33(40)38(24-28-16-10-6-11-17-28)32(34(41)37-35(2,3)4)22-27-14-8-5-9-15-27/h5-21,23,32H,22,24-25H2,1-4H3,(H,37,41)/t32-/m1/s1. The Morgan fingerprint density at radius 3 is 1.91 bits per heavy atom. The Labute approximate surface area is 265 Å². The van der Waals surface area contributed by atoms with Crippen molar-refractivity contribution in [2.45, 2.75) is 57.1 Å². The fourth-order valence-electron chi connectivity index (χ4n) is 4.77. The largest absolute Gasteiger partial charge is 0.350 e. The molecule has 4 aromatic rings. The molecular weight excluding hydrogens is 594 g/mol. The number of rotatable bonds is 11. The van der Waals surface area contributed by atoms with E-state index in [2.05, 4.69) is 5.32 Å². The molecule has 44 heavy (non-hydrogen) atoms. The Balaban J connectivity index is 1.81. The second kappa shape index (κ2) is 14.1. The summed E-state index contributed by atoms with van der Waals surface area (Å²) in [4.78, 5) is 29.9. The van der Waals surface area contributed by atoms with Gasteiger partial charge >= 0.3 is 0 Å². The van der Waals surface area contributed by atoms with E-state index in [0.29, 0.717) is 5.02 Å². The predicted molar refractivity (Wildman–Crippen MR) is 176 cm³/mol. The molecule has 0 heterocycles. The Hall–Kier alpha value is -4.14. The van der Waals surface area contributed by atoms with Gasteiger partial charge in [0.2, 0.25) is 11.8 Å². The third kappa shape index (κ3) is 8.49. The van der Waals surface area contributed by atoms with Crippen LogP contribution in [0, 0.1) is 6.92 Å². The molecule has 0 spiro atoms. The van der Waals surface area contributed by atoms with E-state index in [1.54, 1.807) is 36.4 Å². The van der Waals surface area contributed by atoms with Gasteiger partial charge in [0.05, 0.1) is 10.6 Å². The summed E-state index contributed by atoms with van der Waals surface area (Å²) in [5.41, 5.74) is 2.13. The van der Waals surface area contributed by atoms with Gasteiger partial charge in [0.25, 0.3) is 10.0 Å². The van der Waals surface area contributed by atoms with E-state index in [9.17, 15) is 18.0 Å². The normalized spacial score (nSPS) is 12.3. The number of carbonyl (C=O) groups is 2. The highest BCUT2D eigenvalue weighted by molar-refractivity contribution is 7.92. The number of hydrogen-bond acceptors (Lipinski definition) is 4. The van der Waals surface area contributed by atoms with Crippen molar-refractivity contribution in [3.8, 4) is 0 Å². The van der Waals surface area contributed by atoms with E-state index in [1.165, 1.54) is 17.0 Å². The lowest BCUT2D eigenvalue weighted by Crippen LogP contribution is -2.56. The van der Waals surface area contributed by atoms with E-state index >= 15 is 0 Å². The predicted octanol–water partition coefficient (Wildman–Crippen LogP) is 6.40. The highest BCUT2D eigenvalue weighted by Crippen LogP contribution is 2.29. The van der Waals surface area contributed by atoms with E-state index in [1.807, 2.05) is 88.4 Å². The zero-order valence-electron chi connectivity index (χ0n) is 25.4. The third-order valence-electron chi connectivity index (χ3n) is 7.02. The van der Waals surface area contributed by atoms with E-state index < -0.39 is 34.1 Å². The van der Waals surface area contributed by atoms with Gasteiger partial charge in [-0.3, -0.25) is 13.9 Å². The van der Waals surface area contributed by atoms with Gasteiger partial charge in [-0.25, -0.2) is 8.42 Å². The molecule has 0 radical (unpaired) electrons. The number of nitrogens with zero attached hydrogens (tertiary/aromatic N) is 2. The van der Waals surface area contributed by atoms with Crippen LogP contribution in [0.2, 0.25) is 5.02 Å². The Morgan fingerprint density at radius 1 is 0.818 bits per heavy atom. The van der Waals surface area contributed by atoms with Crippen LogP contribution in [0.1, 0.15) is 37.5 Å². The highest BCUT2D eigenvalue weighted by atomic mass is 35.5. The molecule has 0 fully saturated rings. The number of hydrogen-bond donors (Lipinski definition) is 1. The van der Waals surface area contributed by atoms with Crippen LogP contribution in [-0.4, -0.2) is 43.3 Å². The first-order valence-electron chi connectivity index (χ1n) is 14.4. The summed E-state index contributed by atoms with van der Waals surface area (Å²) >= 11 is 6.43. The Bertz CT molecular complexity index is 1680. The molecule has 0 bridgehead atoms. The second-order valence-electron chi connectivity index (χ2n) is 11.7. The van der Waals surface area contributed by atoms with Gasteiger partial charge in [-0.1, -0.05) is 96.5 Å². The molecule has 0 unspecified atom stereocenters. The molecule has 0 aromatic heterocycles. The van der Waals surface area contributed by atoms with Gasteiger partial charge in [-0.2, -0.15) is 0 Å². The van der Waals surface area contributed by atoms with Gasteiger partial charge < -0.3 is 10.2 Å². The summed E-state index contributed by atoms with van der Waals surface area (Å²) in [5.74, 6) is -0.864. The van der Waals surface area contributed by atoms with Crippen molar-refractivity contribution in [3.63, 3.8) is 0 Å². The molecule has 0 aliphatic rings. The zero-order chi connectivity index (χ0) is 31.9. The SMILES string of the molecule is Cc1ccc(N(CC(=O)N(Cc2ccccc2)[C@H](Cc2ccccc2)C(=O)NC(C)(C)C)S(=O)(=O)c2ccccc2)cc1Cl. The van der Waals surface area contributed by atoms with E-state index in [-0.39, 0.29) is 29.5 Å². The van der Waals surface area contributed by atoms with Crippen LogP contribution in [0.25, 0.3) is 0 Å². The van der Waals surface area contributed by atoms with Crippen molar-refractivity contribution in [2.75, 3.05) is 10.8 Å². The van der Waals surface area contributed by atoms with Gasteiger partial charge in [0.15, 0.2) is 0 Å². The molecule has 0 aliphatic heterocycles. The monoisotopic (exact) mass is 631 g/mol. The number of amides is 2. The van der Waals surface area contributed by atoms with Crippen molar-refractivity contribution in [1.82, 2.24) is 10.2 Å². The Kier molecular flexibility index (Phi) is 10.5. The van der Waals surface area contributed by atoms with E-state index in [0.717, 1.165) is 21.0 Å². The number of sulfonamides is 1. The smallest absolute Gasteiger partial charge is 0.264 e. The minimum absolute atomic E-state index is 0.0328. The molecule has 1 N–H and O–H groups in total. The van der Waals surface area contributed by atoms with Crippen molar-refractivity contribution in [1.29, 1.82) is 0 Å². The molecule has 0 aliphatic carbocycles. The number of aryl methyl sites for hydroxylation is 1. The number of nitrogens with one attached hydrogen (secondary N) is 1. The van der Waals surface area contributed by atoms with Gasteiger partial charge in [-0.15, -0.1) is 0 Å². The first-order chi connectivity index (χ1) is 20.8. The summed E-state index contributed by atoms with van der Waals surface area (Å²) in [5, 5.41) is 3.40. The van der Waals surface area contributed by atoms with E-state index in [4.69, 9.17) is 11.6 Å². The topological polar surface area (TPSA) is 86.8 Å². The lowest BCUT2D eigenvalue weighted by molar-refractivity contribution is -0.140. The van der Waals surface area contributed by atoms with Crippen LogP contribution >= 0.6 is 11.6 Å². The highest BCUT2D eigenvalue weighted by Gasteiger charge is 2.35. The van der Waals surface area contributed by atoms with Crippen LogP contribution in [0.3, 0.4) is 0 Å². The summed E-state index contributed by atoms with van der Waals surface area (Å²) in [7, 11) is -4.19. The van der Waals surface area contributed by atoms with Crippen molar-refractivity contribution >= 4 is 39.1 Å². The molecule has 230 valence electrons. The van der Waals surface area contributed by atoms with Crippen LogP contribution in [0.4, 0.5) is 5.69 Å². The zero-order valence-corrected chi connectivity index (χ0v) is 27.0. The van der Waals surface area contributed by atoms with Crippen molar-refractivity contribution in [2.24, 2.45) is 0 Å². The molecule has 2 amide bonds. The van der Waals surface area contributed by atoms with Gasteiger partial charge in [0, 0.05) is 23.5 Å². The second-order valence-corrected chi connectivity index (χ2v) is 14.0. The average Bonchev–Trinajstić information content (AvgIpc) is 2.99. The molecule has 1 atom stereocenters. The van der Waals surface area contributed by atoms with Crippen LogP contribution in [0.15, 0.2) is 114 Å². The van der Waals surface area contributed by atoms with Gasteiger partial charge in [-0.05, 0) is 68.7 Å². The maximum atomic E-state index is 14.5. The first-order valence-corrected chi connectivity index (χ1v) is 16.2. The fourth-order valence-corrected chi connectivity index (χ4v) is 6.37. The molecule has 4 aromatic carbocycles. The van der Waals surface area contributed by atoms with Crippen molar-refractivity contribution < 1.29 is 18.0 Å². The molecule has 0 saturated heterocycles. The van der Waals surface area contributed by atoms with Crippen LogP contribution in [-0.2, 0) is 32.6 Å². The lowest BCUT2D eigenvalue weighted by Gasteiger charge is -2.35. The third-order valence-corrected chi connectivity index (χ3v) is 9.21. The maximum absolute atomic E-state index is 14.5. The van der Waals surface area contributed by atoms with Crippen molar-refractivity contribution in [3.05, 3.63) is 131 Å². The Morgan fingerprint density at radius 2 is 1.36 bits per heavy atom. The van der Waals surface area contributed by atoms with Gasteiger partial charge in [0.1, 0.15) is 12.6 Å². The first kappa shape index (κ1) is 32.8. The average molecular weight is 632 g/mol. The summed E-state index contributed by atoms with van der Waals surface area (Å²) in [6.07, 6.45) is 0.239. The molecule has 7 nitrogen and oxygen atoms in total. The molecule has 4 rings (SSSR count). The quantitative estimate of drug-likeness (QED) is 0.208. The number of benzene rings is 4. The lowest BCUT2D eigenvalue weighted by atomic mass is 10.0. The minimum Gasteiger partial charge on any atom is -0.350 e. The van der Waals surface area contributed by atoms with Crippen LogP contribution in [0.5, 0.6) is 0 Å². The summed E-state index contributed by atoms with van der Waals surface area (Å²) < 4.78 is 29.2. The molecular formula is C35H38ClN3O4S. The fraction of sp³-hybridized carbons (Fsp3) is 0.257. The summed E-state index contributed by atoms with van der Waals surface area (Å²) in [6, 6.07) is 30.7. The number of carbonyl (C=O) groups excluding carboxylic acids is 2.